The summed E-state index contributed by atoms with van der Waals surface area (Å²) >= 11 is 3.39. The number of nitrogens with one attached hydrogen (secondary N) is 1. The molecule has 0 amide bonds. The van der Waals surface area contributed by atoms with E-state index in [-0.39, 0.29) is 11.6 Å². The van der Waals surface area contributed by atoms with Gasteiger partial charge in [-0.25, -0.2) is 4.98 Å². The molecule has 3 aromatic heterocycles. The van der Waals surface area contributed by atoms with E-state index in [4.69, 9.17) is 15.9 Å². The Morgan fingerprint density at radius 1 is 1.12 bits per heavy atom. The van der Waals surface area contributed by atoms with Crippen LogP contribution in [0.15, 0.2) is 53.0 Å². The average Bonchev–Trinajstić information content (AvgIpc) is 2.61. The lowest BCUT2D eigenvalue weighted by atomic mass is 10.0. The molecule has 7 heteroatoms. The van der Waals surface area contributed by atoms with Gasteiger partial charge in [0.05, 0.1) is 40.8 Å². The van der Waals surface area contributed by atoms with Gasteiger partial charge in [-0.3, -0.25) is 15.4 Å². The fourth-order valence-corrected chi connectivity index (χ4v) is 2.73. The zero-order chi connectivity index (χ0) is 18.0. The first-order valence-corrected chi connectivity index (χ1v) is 8.28. The van der Waals surface area contributed by atoms with Gasteiger partial charge < -0.3 is 10.5 Å². The monoisotopic (exact) mass is 397 g/mol. The number of hydrogen-bond acceptors (Lipinski definition) is 6. The quantitative estimate of drug-likeness (QED) is 0.518. The van der Waals surface area contributed by atoms with E-state index >= 15 is 0 Å². The largest absolute Gasteiger partial charge is 0.482 e. The highest BCUT2D eigenvalue weighted by molar-refractivity contribution is 9.10. The van der Waals surface area contributed by atoms with Gasteiger partial charge in [-0.2, -0.15) is 0 Å². The molecule has 0 aliphatic rings. The molecule has 0 unspecified atom stereocenters. The minimum atomic E-state index is 0.114. The molecule has 0 saturated carbocycles. The second-order valence-electron chi connectivity index (χ2n) is 5.37. The van der Waals surface area contributed by atoms with Crippen LogP contribution in [-0.2, 0) is 4.74 Å². The predicted molar refractivity (Wildman–Crippen MR) is 101 cm³/mol. The van der Waals surface area contributed by atoms with E-state index in [1.165, 1.54) is 7.11 Å². The third-order valence-corrected chi connectivity index (χ3v) is 4.05. The fourth-order valence-electron chi connectivity index (χ4n) is 2.41. The van der Waals surface area contributed by atoms with Crippen LogP contribution >= 0.6 is 15.9 Å². The van der Waals surface area contributed by atoms with Gasteiger partial charge in [0.15, 0.2) is 5.88 Å². The van der Waals surface area contributed by atoms with Gasteiger partial charge in [0.2, 0.25) is 0 Å². The summed E-state index contributed by atoms with van der Waals surface area (Å²) in [5, 5.41) is 8.56. The summed E-state index contributed by atoms with van der Waals surface area (Å²) in [5.41, 5.74) is 9.86. The fraction of sp³-hybridized carbons (Fsp3) is 0.111. The van der Waals surface area contributed by atoms with Crippen LogP contribution in [0, 0.1) is 12.3 Å². The smallest absolute Gasteiger partial charge is 0.195 e. The molecular weight excluding hydrogens is 382 g/mol. The van der Waals surface area contributed by atoms with Gasteiger partial charge in [0.25, 0.3) is 0 Å². The molecule has 3 rings (SSSR count). The van der Waals surface area contributed by atoms with Crippen molar-refractivity contribution in [3.05, 3.63) is 70.0 Å². The van der Waals surface area contributed by atoms with Crippen molar-refractivity contribution in [2.45, 2.75) is 6.92 Å². The summed E-state index contributed by atoms with van der Waals surface area (Å²) in [7, 11) is 1.46. The minimum Gasteiger partial charge on any atom is -0.482 e. The molecule has 3 aromatic rings. The van der Waals surface area contributed by atoms with E-state index in [1.807, 2.05) is 31.2 Å². The van der Waals surface area contributed by atoms with E-state index < -0.39 is 0 Å². The third-order valence-electron chi connectivity index (χ3n) is 3.62. The first kappa shape index (κ1) is 17.0. The van der Waals surface area contributed by atoms with E-state index in [0.717, 1.165) is 15.7 Å². The van der Waals surface area contributed by atoms with Crippen molar-refractivity contribution >= 4 is 38.2 Å². The van der Waals surface area contributed by atoms with Crippen LogP contribution in [0.5, 0.6) is 0 Å². The van der Waals surface area contributed by atoms with Crippen LogP contribution in [0.25, 0.3) is 16.6 Å². The van der Waals surface area contributed by atoms with E-state index in [9.17, 15) is 0 Å². The number of aromatic nitrogens is 3. The summed E-state index contributed by atoms with van der Waals surface area (Å²) in [5.74, 6) is 0.114. The highest BCUT2D eigenvalue weighted by atomic mass is 79.9. The summed E-state index contributed by atoms with van der Waals surface area (Å²) in [6.45, 7) is 1.87. The summed E-state index contributed by atoms with van der Waals surface area (Å²) < 4.78 is 6.02. The van der Waals surface area contributed by atoms with Crippen molar-refractivity contribution in [1.82, 2.24) is 15.0 Å². The van der Waals surface area contributed by atoms with Crippen LogP contribution in [0.1, 0.15) is 17.1 Å². The van der Waals surface area contributed by atoms with Crippen LogP contribution in [0.3, 0.4) is 0 Å². The Morgan fingerprint density at radius 3 is 2.64 bits per heavy atom. The van der Waals surface area contributed by atoms with Crippen molar-refractivity contribution in [3.63, 3.8) is 0 Å². The first-order valence-electron chi connectivity index (χ1n) is 7.49. The number of nitrogens with zero attached hydrogens (tertiary/aromatic N) is 3. The Labute approximate surface area is 153 Å². The predicted octanol–water partition coefficient (Wildman–Crippen LogP) is 3.44. The third kappa shape index (κ3) is 3.51. The van der Waals surface area contributed by atoms with Gasteiger partial charge in [-0.1, -0.05) is 6.07 Å². The second kappa shape index (κ2) is 6.98. The van der Waals surface area contributed by atoms with Crippen LogP contribution < -0.4 is 5.73 Å². The molecule has 0 saturated heterocycles. The van der Waals surface area contributed by atoms with Crippen LogP contribution in [0.2, 0.25) is 0 Å². The van der Waals surface area contributed by atoms with Crippen molar-refractivity contribution in [2.75, 3.05) is 7.11 Å². The molecule has 126 valence electrons. The normalized spacial score (nSPS) is 12.0. The van der Waals surface area contributed by atoms with E-state index in [0.29, 0.717) is 22.5 Å². The maximum Gasteiger partial charge on any atom is 0.195 e. The maximum absolute atomic E-state index is 8.56. The zero-order valence-electron chi connectivity index (χ0n) is 13.7. The minimum absolute atomic E-state index is 0.114. The van der Waals surface area contributed by atoms with Crippen LogP contribution in [-0.4, -0.2) is 27.8 Å². The molecule has 0 atom stereocenters. The molecule has 0 aliphatic heterocycles. The summed E-state index contributed by atoms with van der Waals surface area (Å²) in [6, 6.07) is 11.0. The van der Waals surface area contributed by atoms with Crippen molar-refractivity contribution in [1.29, 1.82) is 5.41 Å². The van der Waals surface area contributed by atoms with Gasteiger partial charge in [0, 0.05) is 16.4 Å². The highest BCUT2D eigenvalue weighted by Gasteiger charge is 2.19. The molecule has 0 radical (unpaired) electrons. The number of methoxy groups -OCH3 is 1. The number of halogens is 1. The number of hydrogen-bond donors (Lipinski definition) is 2. The number of rotatable bonds is 4. The van der Waals surface area contributed by atoms with Gasteiger partial charge >= 0.3 is 0 Å². The number of fused-ring (bicyclic) bond motifs is 1. The van der Waals surface area contributed by atoms with Gasteiger partial charge in [-0.15, -0.1) is 0 Å². The lowest BCUT2D eigenvalue weighted by molar-refractivity contribution is 0.290. The standard InChI is InChI=1S/C18H16BrN5O/c1-10-4-3-5-14(23-10)17(20)16(18(21)25-2)13-7-6-12-15(24-13)8-11(19)9-22-12/h3-9,20H,21H2,1-2H3/b18-16+,20-17?. The summed E-state index contributed by atoms with van der Waals surface area (Å²) in [6.07, 6.45) is 1.71. The first-order chi connectivity index (χ1) is 12.0. The molecule has 6 nitrogen and oxygen atoms in total. The molecule has 0 bridgehead atoms. The summed E-state index contributed by atoms with van der Waals surface area (Å²) in [4.78, 5) is 13.3. The van der Waals surface area contributed by atoms with Gasteiger partial charge in [-0.05, 0) is 53.2 Å². The molecule has 25 heavy (non-hydrogen) atoms. The van der Waals surface area contributed by atoms with Crippen molar-refractivity contribution in [2.24, 2.45) is 5.73 Å². The lowest BCUT2D eigenvalue weighted by Gasteiger charge is -2.13. The molecule has 0 fully saturated rings. The van der Waals surface area contributed by atoms with Crippen molar-refractivity contribution in [3.8, 4) is 0 Å². The van der Waals surface area contributed by atoms with E-state index in [2.05, 4.69) is 30.9 Å². The number of aryl methyl sites for hydroxylation is 1. The van der Waals surface area contributed by atoms with E-state index in [1.54, 1.807) is 18.3 Å². The average molecular weight is 398 g/mol. The molecule has 3 N–H and O–H groups in total. The highest BCUT2D eigenvalue weighted by Crippen LogP contribution is 2.23. The Balaban J connectivity index is 2.15. The number of allylic oxidation sites excluding steroid dienone is 1. The lowest BCUT2D eigenvalue weighted by Crippen LogP contribution is -2.14. The Bertz CT molecular complexity index is 1000. The molecule has 0 aromatic carbocycles. The van der Waals surface area contributed by atoms with Gasteiger partial charge in [0.1, 0.15) is 0 Å². The topological polar surface area (TPSA) is 97.8 Å². The Kier molecular flexibility index (Phi) is 4.76. The zero-order valence-corrected chi connectivity index (χ0v) is 15.3. The number of ether oxygens (including phenoxy) is 1. The van der Waals surface area contributed by atoms with Crippen LogP contribution in [0.4, 0.5) is 0 Å². The number of pyridine rings is 3. The Hall–Kier alpha value is -2.80. The maximum atomic E-state index is 8.56. The molecular formula is C18H16BrN5O. The number of nitrogens with two attached hydrogens (primary N) is 1. The molecule has 0 aliphatic carbocycles. The molecule has 0 spiro atoms. The second-order valence-corrected chi connectivity index (χ2v) is 6.29. The Morgan fingerprint density at radius 2 is 1.92 bits per heavy atom. The SMILES string of the molecule is CO/C(N)=C(/C(=N)c1cccc(C)n1)c1ccc2ncc(Br)cc2n1. The van der Waals surface area contributed by atoms with Crippen molar-refractivity contribution < 1.29 is 4.74 Å². The molecule has 3 heterocycles.